The van der Waals surface area contributed by atoms with Crippen molar-refractivity contribution < 1.29 is 19.1 Å². The van der Waals surface area contributed by atoms with Crippen molar-refractivity contribution >= 4 is 28.8 Å². The van der Waals surface area contributed by atoms with Gasteiger partial charge < -0.3 is 15.4 Å². The lowest BCUT2D eigenvalue weighted by molar-refractivity contribution is -0.127. The highest BCUT2D eigenvalue weighted by molar-refractivity contribution is 5.92. The van der Waals surface area contributed by atoms with E-state index in [-0.39, 0.29) is 12.5 Å². The molecule has 0 aliphatic carbocycles. The summed E-state index contributed by atoms with van der Waals surface area (Å²) in [6.07, 6.45) is 0. The number of likely N-dealkylation sites (N-methyl/N-ethyl adjacent to an activating group) is 1. The van der Waals surface area contributed by atoms with Crippen LogP contribution in [0, 0.1) is 0 Å². The first kappa shape index (κ1) is 19.0. The minimum Gasteiger partial charge on any atom is -0.452 e. The van der Waals surface area contributed by atoms with Crippen LogP contribution < -0.4 is 10.6 Å². The molecule has 0 unspecified atom stereocenters. The molecule has 144 valence electrons. The predicted molar refractivity (Wildman–Crippen MR) is 100 cm³/mol. The molecule has 2 aromatic carbocycles. The molecule has 0 aliphatic rings. The Labute approximate surface area is 160 Å². The molecule has 2 N–H and O–H groups in total. The van der Waals surface area contributed by atoms with Gasteiger partial charge in [-0.1, -0.05) is 29.5 Å². The number of carbonyl (C=O) groups is 3. The number of carbonyl (C=O) groups excluding carboxylic acids is 3. The summed E-state index contributed by atoms with van der Waals surface area (Å²) in [5, 5.41) is 13.0. The number of para-hydroxylation sites is 1. The maximum absolute atomic E-state index is 12.0. The van der Waals surface area contributed by atoms with Gasteiger partial charge in [0.05, 0.1) is 24.2 Å². The fourth-order valence-electron chi connectivity index (χ4n) is 2.49. The maximum Gasteiger partial charge on any atom is 0.338 e. The highest BCUT2D eigenvalue weighted by Crippen LogP contribution is 2.13. The van der Waals surface area contributed by atoms with Crippen molar-refractivity contribution in [3.63, 3.8) is 0 Å². The van der Waals surface area contributed by atoms with E-state index in [1.54, 1.807) is 28.9 Å². The van der Waals surface area contributed by atoms with E-state index in [2.05, 4.69) is 20.9 Å². The fourth-order valence-corrected chi connectivity index (χ4v) is 2.49. The van der Waals surface area contributed by atoms with Gasteiger partial charge in [-0.25, -0.2) is 9.48 Å². The van der Waals surface area contributed by atoms with Gasteiger partial charge in [-0.05, 0) is 29.8 Å². The molecule has 9 nitrogen and oxygen atoms in total. The zero-order chi connectivity index (χ0) is 19.9. The summed E-state index contributed by atoms with van der Waals surface area (Å²) in [7, 11) is 1.46. The topological polar surface area (TPSA) is 115 Å². The van der Waals surface area contributed by atoms with Crippen LogP contribution >= 0.6 is 0 Å². The third-order valence-electron chi connectivity index (χ3n) is 4.00. The first-order valence-corrected chi connectivity index (χ1v) is 8.58. The summed E-state index contributed by atoms with van der Waals surface area (Å²) in [6.45, 7) is -0.112. The van der Waals surface area contributed by atoms with E-state index in [1.807, 2.05) is 24.3 Å². The van der Waals surface area contributed by atoms with Crippen molar-refractivity contribution in [2.45, 2.75) is 6.54 Å². The molecule has 3 rings (SSSR count). The number of amides is 2. The number of fused-ring (bicyclic) bond motifs is 1. The molecule has 0 atom stereocenters. The summed E-state index contributed by atoms with van der Waals surface area (Å²) in [6, 6.07) is 14.5. The number of benzene rings is 2. The highest BCUT2D eigenvalue weighted by atomic mass is 16.5. The SMILES string of the molecule is CNC(=O)CNC(=O)COC(=O)c1ccc(Cn2nnc3ccccc32)cc1. The van der Waals surface area contributed by atoms with Crippen LogP contribution in [0.3, 0.4) is 0 Å². The van der Waals surface area contributed by atoms with Crippen LogP contribution in [-0.4, -0.2) is 53.0 Å². The van der Waals surface area contributed by atoms with Gasteiger partial charge in [0, 0.05) is 7.05 Å². The Morgan fingerprint density at radius 3 is 2.54 bits per heavy atom. The van der Waals surface area contributed by atoms with E-state index < -0.39 is 18.5 Å². The van der Waals surface area contributed by atoms with E-state index >= 15 is 0 Å². The second-order valence-electron chi connectivity index (χ2n) is 5.96. The minimum absolute atomic E-state index is 0.168. The Morgan fingerprint density at radius 1 is 1.04 bits per heavy atom. The molecule has 28 heavy (non-hydrogen) atoms. The second kappa shape index (κ2) is 8.76. The Kier molecular flexibility index (Phi) is 5.95. The van der Waals surface area contributed by atoms with Crippen LogP contribution in [0.2, 0.25) is 0 Å². The Morgan fingerprint density at radius 2 is 1.79 bits per heavy atom. The van der Waals surface area contributed by atoms with Crippen LogP contribution in [0.25, 0.3) is 11.0 Å². The molecule has 1 heterocycles. The van der Waals surface area contributed by atoms with Gasteiger partial charge in [0.25, 0.3) is 5.91 Å². The van der Waals surface area contributed by atoms with Crippen molar-refractivity contribution in [2.24, 2.45) is 0 Å². The second-order valence-corrected chi connectivity index (χ2v) is 5.96. The lowest BCUT2D eigenvalue weighted by atomic mass is 10.1. The van der Waals surface area contributed by atoms with Gasteiger partial charge in [-0.15, -0.1) is 5.10 Å². The average Bonchev–Trinajstić information content (AvgIpc) is 3.13. The van der Waals surface area contributed by atoms with Gasteiger partial charge in [0.1, 0.15) is 5.52 Å². The van der Waals surface area contributed by atoms with Crippen molar-refractivity contribution in [1.29, 1.82) is 0 Å². The van der Waals surface area contributed by atoms with Gasteiger partial charge in [-0.3, -0.25) is 9.59 Å². The van der Waals surface area contributed by atoms with E-state index in [0.717, 1.165) is 16.6 Å². The van der Waals surface area contributed by atoms with E-state index in [9.17, 15) is 14.4 Å². The number of nitrogens with one attached hydrogen (secondary N) is 2. The maximum atomic E-state index is 12.0. The van der Waals surface area contributed by atoms with Crippen molar-refractivity contribution in [2.75, 3.05) is 20.2 Å². The molecule has 3 aromatic rings. The van der Waals surface area contributed by atoms with Crippen molar-refractivity contribution in [3.05, 3.63) is 59.7 Å². The first-order valence-electron chi connectivity index (χ1n) is 8.58. The Bertz CT molecular complexity index is 997. The molecule has 0 saturated heterocycles. The minimum atomic E-state index is -0.618. The van der Waals surface area contributed by atoms with E-state index in [1.165, 1.54) is 7.05 Å². The van der Waals surface area contributed by atoms with Crippen LogP contribution in [-0.2, 0) is 20.9 Å². The zero-order valence-corrected chi connectivity index (χ0v) is 15.2. The fraction of sp³-hybridized carbons (Fsp3) is 0.211. The molecule has 2 amide bonds. The molecule has 0 radical (unpaired) electrons. The van der Waals surface area contributed by atoms with Crippen LogP contribution in [0.4, 0.5) is 0 Å². The molecule has 9 heteroatoms. The van der Waals surface area contributed by atoms with Gasteiger partial charge >= 0.3 is 5.97 Å². The summed E-state index contributed by atoms with van der Waals surface area (Å²) < 4.78 is 6.73. The summed E-state index contributed by atoms with van der Waals surface area (Å²) in [5.41, 5.74) is 3.01. The molecule has 0 aliphatic heterocycles. The lowest BCUT2D eigenvalue weighted by Crippen LogP contribution is -2.37. The Hall–Kier alpha value is -3.75. The van der Waals surface area contributed by atoms with Crippen LogP contribution in [0.5, 0.6) is 0 Å². The highest BCUT2D eigenvalue weighted by Gasteiger charge is 2.11. The largest absolute Gasteiger partial charge is 0.452 e. The van der Waals surface area contributed by atoms with Gasteiger partial charge in [-0.2, -0.15) is 0 Å². The number of hydrogen-bond donors (Lipinski definition) is 2. The molecular formula is C19H19N5O4. The number of ether oxygens (including phenoxy) is 1. The predicted octanol–water partition coefficient (Wildman–Crippen LogP) is 0.499. The quantitative estimate of drug-likeness (QED) is 0.576. The summed E-state index contributed by atoms with van der Waals surface area (Å²) >= 11 is 0. The molecular weight excluding hydrogens is 362 g/mol. The third-order valence-corrected chi connectivity index (χ3v) is 4.00. The number of nitrogens with zero attached hydrogens (tertiary/aromatic N) is 3. The molecule has 1 aromatic heterocycles. The third kappa shape index (κ3) is 4.70. The van der Waals surface area contributed by atoms with Crippen LogP contribution in [0.15, 0.2) is 48.5 Å². The van der Waals surface area contributed by atoms with E-state index in [4.69, 9.17) is 4.74 Å². The smallest absolute Gasteiger partial charge is 0.338 e. The van der Waals surface area contributed by atoms with Gasteiger partial charge in [0.15, 0.2) is 6.61 Å². The molecule has 0 saturated carbocycles. The molecule has 0 fully saturated rings. The number of esters is 1. The zero-order valence-electron chi connectivity index (χ0n) is 15.2. The summed E-state index contributed by atoms with van der Waals surface area (Å²) in [4.78, 5) is 34.6. The average molecular weight is 381 g/mol. The first-order chi connectivity index (χ1) is 13.6. The molecule has 0 spiro atoms. The van der Waals surface area contributed by atoms with E-state index in [0.29, 0.717) is 12.1 Å². The lowest BCUT2D eigenvalue weighted by Gasteiger charge is -2.07. The molecule has 0 bridgehead atoms. The number of rotatable bonds is 7. The summed E-state index contributed by atoms with van der Waals surface area (Å²) in [5.74, 6) is -1.50. The van der Waals surface area contributed by atoms with Crippen molar-refractivity contribution in [1.82, 2.24) is 25.6 Å². The van der Waals surface area contributed by atoms with Crippen LogP contribution in [0.1, 0.15) is 15.9 Å². The number of aromatic nitrogens is 3. The normalized spacial score (nSPS) is 10.5. The Balaban J connectivity index is 1.54. The van der Waals surface area contributed by atoms with Gasteiger partial charge in [0.2, 0.25) is 5.91 Å². The number of hydrogen-bond acceptors (Lipinski definition) is 6. The standard InChI is InChI=1S/C19H19N5O4/c1-20-17(25)10-21-18(26)12-28-19(27)14-8-6-13(7-9-14)11-24-16-5-3-2-4-15(16)22-23-24/h2-9H,10-12H2,1H3,(H,20,25)(H,21,26). The van der Waals surface area contributed by atoms with Crippen molar-refractivity contribution in [3.8, 4) is 0 Å². The monoisotopic (exact) mass is 381 g/mol.